The number of hydrogen-bond donors (Lipinski definition) is 2. The second-order valence-corrected chi connectivity index (χ2v) is 5.58. The average Bonchev–Trinajstić information content (AvgIpc) is 2.59. The molecule has 2 rings (SSSR count). The molecule has 0 aromatic heterocycles. The first-order valence-corrected chi connectivity index (χ1v) is 8.11. The van der Waals surface area contributed by atoms with Crippen LogP contribution in [0.1, 0.15) is 5.56 Å². The summed E-state index contributed by atoms with van der Waals surface area (Å²) in [6.45, 7) is 3.66. The number of ether oxygens (including phenoxy) is 2. The highest BCUT2D eigenvalue weighted by atomic mass is 35.5. The summed E-state index contributed by atoms with van der Waals surface area (Å²) in [6, 6.07) is 14.6. The summed E-state index contributed by atoms with van der Waals surface area (Å²) >= 11 is 5.79. The first-order chi connectivity index (χ1) is 11.6. The number of amides is 2. The van der Waals surface area contributed by atoms with Crippen LogP contribution in [0.15, 0.2) is 48.5 Å². The Balaban J connectivity index is 1.52. The molecular weight excluding hydrogens is 328 g/mol. The standard InChI is InChI=1S/C18H21ClN2O3/c1-14-2-6-16(7-3-14)23-12-10-20-18(22)21-11-13-24-17-8-4-15(19)5-9-17/h2-9H,10-13H2,1H3,(H2,20,21,22). The highest BCUT2D eigenvalue weighted by molar-refractivity contribution is 6.30. The molecule has 0 saturated heterocycles. The van der Waals surface area contributed by atoms with E-state index < -0.39 is 0 Å². The quantitative estimate of drug-likeness (QED) is 0.719. The number of carbonyl (C=O) groups excluding carboxylic acids is 1. The Hall–Kier alpha value is -2.40. The molecule has 0 spiro atoms. The molecular formula is C18H21ClN2O3. The Bertz CT molecular complexity index is 574. The lowest BCUT2D eigenvalue weighted by Crippen LogP contribution is -2.39. The number of rotatable bonds is 8. The molecule has 0 heterocycles. The molecule has 128 valence electrons. The van der Waals surface area contributed by atoms with Gasteiger partial charge in [0.15, 0.2) is 0 Å². The molecule has 0 saturated carbocycles. The van der Waals surface area contributed by atoms with Gasteiger partial charge in [-0.25, -0.2) is 4.79 Å². The van der Waals surface area contributed by atoms with Crippen molar-refractivity contribution in [1.29, 1.82) is 0 Å². The molecule has 0 radical (unpaired) electrons. The molecule has 0 aliphatic heterocycles. The van der Waals surface area contributed by atoms with Gasteiger partial charge in [-0.2, -0.15) is 0 Å². The summed E-state index contributed by atoms with van der Waals surface area (Å²) in [4.78, 5) is 11.6. The maximum atomic E-state index is 11.6. The van der Waals surface area contributed by atoms with Gasteiger partial charge in [0, 0.05) is 5.02 Å². The third-order valence-electron chi connectivity index (χ3n) is 3.15. The Morgan fingerprint density at radius 3 is 1.83 bits per heavy atom. The van der Waals surface area contributed by atoms with Crippen molar-refractivity contribution in [2.24, 2.45) is 0 Å². The maximum absolute atomic E-state index is 11.6. The number of benzene rings is 2. The van der Waals surface area contributed by atoms with Gasteiger partial charge in [-0.3, -0.25) is 0 Å². The van der Waals surface area contributed by atoms with Crippen LogP contribution in [0.5, 0.6) is 11.5 Å². The van der Waals surface area contributed by atoms with Crippen LogP contribution in [0.25, 0.3) is 0 Å². The minimum Gasteiger partial charge on any atom is -0.492 e. The number of aryl methyl sites for hydroxylation is 1. The Morgan fingerprint density at radius 2 is 1.33 bits per heavy atom. The van der Waals surface area contributed by atoms with Crippen molar-refractivity contribution in [2.75, 3.05) is 26.3 Å². The third-order valence-corrected chi connectivity index (χ3v) is 3.40. The van der Waals surface area contributed by atoms with Crippen molar-refractivity contribution in [3.05, 3.63) is 59.1 Å². The summed E-state index contributed by atoms with van der Waals surface area (Å²) in [6.07, 6.45) is 0. The summed E-state index contributed by atoms with van der Waals surface area (Å²) < 4.78 is 11.0. The van der Waals surface area contributed by atoms with Crippen molar-refractivity contribution in [1.82, 2.24) is 10.6 Å². The first kappa shape index (κ1) is 17.9. The molecule has 0 aliphatic carbocycles. The van der Waals surface area contributed by atoms with E-state index >= 15 is 0 Å². The topological polar surface area (TPSA) is 59.6 Å². The van der Waals surface area contributed by atoms with Crippen molar-refractivity contribution in [3.8, 4) is 11.5 Å². The SMILES string of the molecule is Cc1ccc(OCCNC(=O)NCCOc2ccc(Cl)cc2)cc1. The second kappa shape index (κ2) is 9.67. The molecule has 2 aromatic carbocycles. The van der Waals surface area contributed by atoms with Crippen LogP contribution in [0.4, 0.5) is 4.79 Å². The predicted molar refractivity (Wildman–Crippen MR) is 95.0 cm³/mol. The lowest BCUT2D eigenvalue weighted by molar-refractivity contribution is 0.232. The van der Waals surface area contributed by atoms with Crippen LogP contribution in [0, 0.1) is 6.92 Å². The van der Waals surface area contributed by atoms with E-state index in [9.17, 15) is 4.79 Å². The zero-order valence-corrected chi connectivity index (χ0v) is 14.3. The number of hydrogen-bond acceptors (Lipinski definition) is 3. The van der Waals surface area contributed by atoms with Gasteiger partial charge in [0.25, 0.3) is 0 Å². The van der Waals surface area contributed by atoms with E-state index in [0.717, 1.165) is 5.75 Å². The summed E-state index contributed by atoms with van der Waals surface area (Å²) in [5, 5.41) is 6.10. The lowest BCUT2D eigenvalue weighted by Gasteiger charge is -2.10. The van der Waals surface area contributed by atoms with Crippen molar-refractivity contribution in [3.63, 3.8) is 0 Å². The normalized spacial score (nSPS) is 10.1. The zero-order valence-electron chi connectivity index (χ0n) is 13.5. The Morgan fingerprint density at radius 1 is 0.875 bits per heavy atom. The van der Waals surface area contributed by atoms with E-state index in [-0.39, 0.29) is 6.03 Å². The minimum absolute atomic E-state index is 0.248. The van der Waals surface area contributed by atoms with Crippen LogP contribution in [0.2, 0.25) is 5.02 Å². The van der Waals surface area contributed by atoms with Crippen LogP contribution < -0.4 is 20.1 Å². The monoisotopic (exact) mass is 348 g/mol. The van der Waals surface area contributed by atoms with E-state index in [4.69, 9.17) is 21.1 Å². The van der Waals surface area contributed by atoms with E-state index in [0.29, 0.717) is 37.1 Å². The molecule has 0 aliphatic rings. The maximum Gasteiger partial charge on any atom is 0.315 e. The van der Waals surface area contributed by atoms with Gasteiger partial charge in [0.2, 0.25) is 0 Å². The summed E-state index contributed by atoms with van der Waals surface area (Å²) in [5.41, 5.74) is 1.18. The molecule has 5 nitrogen and oxygen atoms in total. The highest BCUT2D eigenvalue weighted by Crippen LogP contribution is 2.15. The lowest BCUT2D eigenvalue weighted by atomic mass is 10.2. The minimum atomic E-state index is -0.248. The molecule has 2 amide bonds. The number of urea groups is 1. The average molecular weight is 349 g/mol. The van der Waals surface area contributed by atoms with Crippen molar-refractivity contribution in [2.45, 2.75) is 6.92 Å². The molecule has 2 aromatic rings. The molecule has 6 heteroatoms. The molecule has 0 unspecified atom stereocenters. The number of nitrogens with one attached hydrogen (secondary N) is 2. The van der Waals surface area contributed by atoms with E-state index in [1.807, 2.05) is 31.2 Å². The van der Waals surface area contributed by atoms with E-state index in [1.54, 1.807) is 24.3 Å². The fourth-order valence-electron chi connectivity index (χ4n) is 1.89. The molecule has 24 heavy (non-hydrogen) atoms. The fourth-order valence-corrected chi connectivity index (χ4v) is 2.02. The fraction of sp³-hybridized carbons (Fsp3) is 0.278. The van der Waals surface area contributed by atoms with Gasteiger partial charge < -0.3 is 20.1 Å². The second-order valence-electron chi connectivity index (χ2n) is 5.15. The van der Waals surface area contributed by atoms with Crippen LogP contribution >= 0.6 is 11.6 Å². The van der Waals surface area contributed by atoms with Gasteiger partial charge in [-0.05, 0) is 43.3 Å². The molecule has 0 fully saturated rings. The molecule has 0 bridgehead atoms. The van der Waals surface area contributed by atoms with E-state index in [2.05, 4.69) is 10.6 Å². The van der Waals surface area contributed by atoms with Crippen LogP contribution in [-0.2, 0) is 0 Å². The Kier molecular flexibility index (Phi) is 7.23. The molecule has 2 N–H and O–H groups in total. The Labute approximate surface area is 146 Å². The largest absolute Gasteiger partial charge is 0.492 e. The number of carbonyl (C=O) groups is 1. The van der Waals surface area contributed by atoms with Crippen LogP contribution in [-0.4, -0.2) is 32.3 Å². The van der Waals surface area contributed by atoms with Gasteiger partial charge in [-0.1, -0.05) is 29.3 Å². The van der Waals surface area contributed by atoms with Gasteiger partial charge >= 0.3 is 6.03 Å². The van der Waals surface area contributed by atoms with Crippen LogP contribution in [0.3, 0.4) is 0 Å². The summed E-state index contributed by atoms with van der Waals surface area (Å²) in [5.74, 6) is 1.51. The summed E-state index contributed by atoms with van der Waals surface area (Å²) in [7, 11) is 0. The zero-order chi connectivity index (χ0) is 17.2. The van der Waals surface area contributed by atoms with Crippen molar-refractivity contribution < 1.29 is 14.3 Å². The van der Waals surface area contributed by atoms with Gasteiger partial charge in [0.05, 0.1) is 13.1 Å². The van der Waals surface area contributed by atoms with E-state index in [1.165, 1.54) is 5.56 Å². The first-order valence-electron chi connectivity index (χ1n) is 7.73. The van der Waals surface area contributed by atoms with Gasteiger partial charge in [0.1, 0.15) is 24.7 Å². The third kappa shape index (κ3) is 6.79. The smallest absolute Gasteiger partial charge is 0.315 e. The highest BCUT2D eigenvalue weighted by Gasteiger charge is 2.00. The molecule has 0 atom stereocenters. The van der Waals surface area contributed by atoms with Crippen molar-refractivity contribution >= 4 is 17.6 Å². The van der Waals surface area contributed by atoms with Gasteiger partial charge in [-0.15, -0.1) is 0 Å². The number of halogens is 1. The predicted octanol–water partition coefficient (Wildman–Crippen LogP) is 3.41.